The number of fused-ring (bicyclic) bond motifs is 1. The molecule has 190 valence electrons. The van der Waals surface area contributed by atoms with Crippen LogP contribution >= 0.6 is 11.6 Å². The van der Waals surface area contributed by atoms with E-state index in [9.17, 15) is 22.8 Å². The molecule has 2 saturated heterocycles. The average Bonchev–Trinajstić information content (AvgIpc) is 3.13. The molecule has 36 heavy (non-hydrogen) atoms. The van der Waals surface area contributed by atoms with Gasteiger partial charge in [0, 0.05) is 44.7 Å². The Kier molecular flexibility index (Phi) is 6.26. The molecule has 3 aliphatic rings. The summed E-state index contributed by atoms with van der Waals surface area (Å²) in [6.45, 7) is 2.62. The van der Waals surface area contributed by atoms with Crippen molar-refractivity contribution in [3.63, 3.8) is 0 Å². The molecule has 0 saturated carbocycles. The topological polar surface area (TPSA) is 107 Å². The number of piperazine rings is 1. The molecule has 5 rings (SSSR count). The van der Waals surface area contributed by atoms with E-state index in [0.717, 1.165) is 0 Å². The first kappa shape index (κ1) is 24.7. The van der Waals surface area contributed by atoms with Crippen LogP contribution < -0.4 is 10.2 Å². The number of nitrogens with zero attached hydrogens (tertiary/aromatic N) is 3. The number of piperidine rings is 1. The Labute approximate surface area is 212 Å². The highest BCUT2D eigenvalue weighted by Crippen LogP contribution is 2.34. The quantitative estimate of drug-likeness (QED) is 0.602. The van der Waals surface area contributed by atoms with Gasteiger partial charge in [-0.2, -0.15) is 4.31 Å². The van der Waals surface area contributed by atoms with Gasteiger partial charge in [-0.3, -0.25) is 19.7 Å². The zero-order valence-electron chi connectivity index (χ0n) is 19.5. The molecule has 3 heterocycles. The Morgan fingerprint density at radius 1 is 1.08 bits per heavy atom. The molecule has 1 N–H and O–H groups in total. The Hall–Kier alpha value is -3.02. The first-order valence-electron chi connectivity index (χ1n) is 11.5. The summed E-state index contributed by atoms with van der Waals surface area (Å²) in [6, 6.07) is 6.91. The maximum Gasteiger partial charge on any atom is 0.255 e. The van der Waals surface area contributed by atoms with E-state index in [-0.39, 0.29) is 72.6 Å². The van der Waals surface area contributed by atoms with E-state index >= 15 is 4.39 Å². The molecule has 12 heteroatoms. The van der Waals surface area contributed by atoms with Crippen molar-refractivity contribution in [2.24, 2.45) is 0 Å². The zero-order valence-corrected chi connectivity index (χ0v) is 21.0. The molecular weight excluding hydrogens is 511 g/mol. The molecule has 0 bridgehead atoms. The molecule has 2 aromatic rings. The number of amides is 3. The Morgan fingerprint density at radius 2 is 1.81 bits per heavy atom. The van der Waals surface area contributed by atoms with Gasteiger partial charge in [0.1, 0.15) is 16.8 Å². The normalized spacial score (nSPS) is 21.1. The zero-order chi connectivity index (χ0) is 25.8. The number of hydrogen-bond donors (Lipinski definition) is 1. The number of hydrogen-bond acceptors (Lipinski definition) is 6. The van der Waals surface area contributed by atoms with E-state index in [2.05, 4.69) is 5.32 Å². The highest BCUT2D eigenvalue weighted by molar-refractivity contribution is 7.89. The minimum atomic E-state index is -3.82. The van der Waals surface area contributed by atoms with Gasteiger partial charge >= 0.3 is 0 Å². The molecule has 1 unspecified atom stereocenters. The lowest BCUT2D eigenvalue weighted by molar-refractivity contribution is -0.136. The molecule has 9 nitrogen and oxygen atoms in total. The van der Waals surface area contributed by atoms with Crippen LogP contribution in [-0.2, 0) is 26.2 Å². The third kappa shape index (κ3) is 4.14. The molecule has 2 aromatic carbocycles. The summed E-state index contributed by atoms with van der Waals surface area (Å²) < 4.78 is 42.9. The second-order valence-corrected chi connectivity index (χ2v) is 11.4. The smallest absolute Gasteiger partial charge is 0.255 e. The molecule has 0 aliphatic carbocycles. The fraction of sp³-hybridized carbons (Fsp3) is 0.375. The largest absolute Gasteiger partial charge is 0.367 e. The number of sulfonamides is 1. The predicted octanol–water partition coefficient (Wildman–Crippen LogP) is 2.06. The number of rotatable bonds is 4. The van der Waals surface area contributed by atoms with E-state index in [4.69, 9.17) is 11.6 Å². The first-order valence-corrected chi connectivity index (χ1v) is 13.4. The molecule has 2 fully saturated rings. The monoisotopic (exact) mass is 534 g/mol. The van der Waals surface area contributed by atoms with Gasteiger partial charge in [-0.1, -0.05) is 23.7 Å². The van der Waals surface area contributed by atoms with Gasteiger partial charge in [0.05, 0.1) is 10.7 Å². The van der Waals surface area contributed by atoms with Crippen molar-refractivity contribution >= 4 is 45.0 Å². The fourth-order valence-electron chi connectivity index (χ4n) is 5.06. The molecule has 0 radical (unpaired) electrons. The van der Waals surface area contributed by atoms with E-state index in [1.54, 1.807) is 30.0 Å². The number of carbonyl (C=O) groups excluding carboxylic acids is 3. The van der Waals surface area contributed by atoms with E-state index in [1.165, 1.54) is 21.3 Å². The molecular formula is C24H24ClFN4O5S. The van der Waals surface area contributed by atoms with Gasteiger partial charge < -0.3 is 9.80 Å². The minimum Gasteiger partial charge on any atom is -0.367 e. The lowest BCUT2D eigenvalue weighted by Gasteiger charge is -2.36. The van der Waals surface area contributed by atoms with Gasteiger partial charge in [0.25, 0.3) is 5.91 Å². The van der Waals surface area contributed by atoms with Crippen LogP contribution in [-0.4, -0.2) is 67.6 Å². The number of aryl methyl sites for hydroxylation is 1. The van der Waals surface area contributed by atoms with Crippen LogP contribution in [0.4, 0.5) is 10.1 Å². The fourth-order valence-corrected chi connectivity index (χ4v) is 7.27. The van der Waals surface area contributed by atoms with Crippen LogP contribution in [0.2, 0.25) is 5.02 Å². The second-order valence-electron chi connectivity index (χ2n) is 9.14. The van der Waals surface area contributed by atoms with Gasteiger partial charge in [-0.15, -0.1) is 0 Å². The Balaban J connectivity index is 1.33. The van der Waals surface area contributed by atoms with Gasteiger partial charge in [0.2, 0.25) is 21.8 Å². The van der Waals surface area contributed by atoms with Gasteiger partial charge in [-0.05, 0) is 42.7 Å². The molecule has 0 spiro atoms. The van der Waals surface area contributed by atoms with Crippen LogP contribution in [0.3, 0.4) is 0 Å². The number of anilines is 1. The van der Waals surface area contributed by atoms with Crippen molar-refractivity contribution in [3.8, 4) is 0 Å². The van der Waals surface area contributed by atoms with Crippen LogP contribution in [0.15, 0.2) is 35.2 Å². The van der Waals surface area contributed by atoms with E-state index in [1.807, 2.05) is 0 Å². The summed E-state index contributed by atoms with van der Waals surface area (Å²) in [4.78, 5) is 39.8. The number of benzene rings is 2. The van der Waals surface area contributed by atoms with Crippen molar-refractivity contribution in [1.29, 1.82) is 0 Å². The van der Waals surface area contributed by atoms with E-state index in [0.29, 0.717) is 11.1 Å². The van der Waals surface area contributed by atoms with Gasteiger partial charge in [-0.25, -0.2) is 12.8 Å². The lowest BCUT2D eigenvalue weighted by atomic mass is 10.0. The summed E-state index contributed by atoms with van der Waals surface area (Å²) in [6.07, 6.45) is 0.359. The Morgan fingerprint density at radius 3 is 2.47 bits per heavy atom. The third-order valence-electron chi connectivity index (χ3n) is 6.93. The number of halogens is 2. The average molecular weight is 535 g/mol. The maximum atomic E-state index is 15.1. The molecule has 3 aliphatic heterocycles. The summed E-state index contributed by atoms with van der Waals surface area (Å²) in [5, 5.41) is 2.41. The lowest BCUT2D eigenvalue weighted by Crippen LogP contribution is -2.52. The standard InChI is InChI=1S/C24H24ClFN4O5S/c1-14-3-2-4-17(25)22(14)36(34,35)29-9-7-28(8-10-29)20-11-15-13-30(24(33)16(15)12-18(20)26)19-5-6-21(31)27-23(19)32/h2-4,11-12,19H,5-10,13H2,1H3,(H,27,31,32). The van der Waals surface area contributed by atoms with Crippen LogP contribution in [0.1, 0.15) is 34.3 Å². The third-order valence-corrected chi connectivity index (χ3v) is 9.46. The van der Waals surface area contributed by atoms with Crippen molar-refractivity contribution < 1.29 is 27.2 Å². The minimum absolute atomic E-state index is 0.0795. The van der Waals surface area contributed by atoms with Crippen molar-refractivity contribution in [2.75, 3.05) is 31.1 Å². The van der Waals surface area contributed by atoms with Crippen molar-refractivity contribution in [2.45, 2.75) is 37.2 Å². The molecule has 0 aromatic heterocycles. The summed E-state index contributed by atoms with van der Waals surface area (Å²) in [5.74, 6) is -1.94. The summed E-state index contributed by atoms with van der Waals surface area (Å²) in [5.41, 5.74) is 1.61. The SMILES string of the molecule is Cc1cccc(Cl)c1S(=O)(=O)N1CCN(c2cc3c(cc2F)C(=O)N(C2CCC(=O)NC2=O)C3)CC1. The van der Waals surface area contributed by atoms with Crippen LogP contribution in [0, 0.1) is 12.7 Å². The van der Waals surface area contributed by atoms with Crippen molar-refractivity contribution in [1.82, 2.24) is 14.5 Å². The number of carbonyl (C=O) groups is 3. The Bertz CT molecular complexity index is 1370. The second kappa shape index (κ2) is 9.13. The van der Waals surface area contributed by atoms with Crippen molar-refractivity contribution in [3.05, 3.63) is 57.9 Å². The predicted molar refractivity (Wildman–Crippen MR) is 130 cm³/mol. The summed E-state index contributed by atoms with van der Waals surface area (Å²) in [7, 11) is -3.82. The number of imide groups is 1. The van der Waals surface area contributed by atoms with Crippen LogP contribution in [0.5, 0.6) is 0 Å². The summed E-state index contributed by atoms with van der Waals surface area (Å²) >= 11 is 6.19. The number of nitrogens with one attached hydrogen (secondary N) is 1. The maximum absolute atomic E-state index is 15.1. The van der Waals surface area contributed by atoms with Gasteiger partial charge in [0.15, 0.2) is 0 Å². The van der Waals surface area contributed by atoms with Crippen LogP contribution in [0.25, 0.3) is 0 Å². The van der Waals surface area contributed by atoms with E-state index < -0.39 is 33.7 Å². The highest BCUT2D eigenvalue weighted by atomic mass is 35.5. The molecule has 1 atom stereocenters. The highest BCUT2D eigenvalue weighted by Gasteiger charge is 2.40. The first-order chi connectivity index (χ1) is 17.1. The molecule has 3 amide bonds.